The van der Waals surface area contributed by atoms with Gasteiger partial charge in [0.15, 0.2) is 5.69 Å². The molecule has 0 aliphatic rings. The number of para-hydroxylation sites is 1. The number of nitrogens with zero attached hydrogens (tertiary/aromatic N) is 3. The molecular formula is C14H14N4O2. The number of hydrogen-bond donors (Lipinski definition) is 1. The third-order valence-electron chi connectivity index (χ3n) is 2.37. The normalized spacial score (nSPS) is 10.1. The Morgan fingerprint density at radius 1 is 1.20 bits per heavy atom. The molecule has 0 unspecified atom stereocenters. The van der Waals surface area contributed by atoms with Crippen molar-refractivity contribution in [2.75, 3.05) is 5.73 Å². The second kappa shape index (κ2) is 5.89. The van der Waals surface area contributed by atoms with Crippen LogP contribution in [0.3, 0.4) is 0 Å². The van der Waals surface area contributed by atoms with E-state index in [1.807, 2.05) is 19.9 Å². The average Bonchev–Trinajstić information content (AvgIpc) is 2.43. The van der Waals surface area contributed by atoms with Gasteiger partial charge in [0.1, 0.15) is 18.1 Å². The lowest BCUT2D eigenvalue weighted by Crippen LogP contribution is -2.10. The van der Waals surface area contributed by atoms with Gasteiger partial charge in [-0.2, -0.15) is 15.2 Å². The predicted molar refractivity (Wildman–Crippen MR) is 73.4 cm³/mol. The minimum atomic E-state index is -0.0635. The van der Waals surface area contributed by atoms with Crippen LogP contribution in [-0.2, 0) is 0 Å². The van der Waals surface area contributed by atoms with E-state index in [4.69, 9.17) is 20.5 Å². The summed E-state index contributed by atoms with van der Waals surface area (Å²) in [5.74, 6) is 0.814. The Labute approximate surface area is 116 Å². The molecule has 2 N–H and O–H groups in total. The number of ether oxygens (including phenoxy) is 2. The van der Waals surface area contributed by atoms with Gasteiger partial charge in [0.2, 0.25) is 11.8 Å². The lowest BCUT2D eigenvalue weighted by Gasteiger charge is -2.13. The van der Waals surface area contributed by atoms with E-state index in [-0.39, 0.29) is 23.6 Å². The number of benzene rings is 1. The van der Waals surface area contributed by atoms with Crippen molar-refractivity contribution in [1.82, 2.24) is 9.97 Å². The maximum Gasteiger partial charge on any atom is 0.249 e. The molecule has 0 atom stereocenters. The summed E-state index contributed by atoms with van der Waals surface area (Å²) in [7, 11) is 0. The Morgan fingerprint density at radius 3 is 2.60 bits per heavy atom. The van der Waals surface area contributed by atoms with Crippen LogP contribution in [0.15, 0.2) is 30.6 Å². The number of hydrogen-bond acceptors (Lipinski definition) is 6. The molecule has 2 rings (SSSR count). The highest BCUT2D eigenvalue weighted by Crippen LogP contribution is 2.32. The van der Waals surface area contributed by atoms with Crippen molar-refractivity contribution in [1.29, 1.82) is 5.26 Å². The summed E-state index contributed by atoms with van der Waals surface area (Å²) in [5.41, 5.74) is 6.52. The molecule has 6 heteroatoms. The molecule has 2 aromatic rings. The minimum Gasteiger partial charge on any atom is -0.473 e. The Kier molecular flexibility index (Phi) is 4.01. The van der Waals surface area contributed by atoms with Gasteiger partial charge in [-0.25, -0.2) is 0 Å². The number of nitriles is 1. The van der Waals surface area contributed by atoms with Gasteiger partial charge in [-0.05, 0) is 26.0 Å². The molecule has 6 nitrogen and oxygen atoms in total. The molecule has 0 aliphatic carbocycles. The molecular weight excluding hydrogens is 256 g/mol. The summed E-state index contributed by atoms with van der Waals surface area (Å²) in [6.07, 6.45) is 1.24. The highest BCUT2D eigenvalue weighted by atomic mass is 16.5. The fraction of sp³-hybridized carbons (Fsp3) is 0.214. The fourth-order valence-electron chi connectivity index (χ4n) is 1.51. The second-order valence-electron chi connectivity index (χ2n) is 4.27. The smallest absolute Gasteiger partial charge is 0.249 e. The summed E-state index contributed by atoms with van der Waals surface area (Å²) in [4.78, 5) is 7.93. The highest BCUT2D eigenvalue weighted by molar-refractivity contribution is 5.57. The van der Waals surface area contributed by atoms with Crippen LogP contribution in [0.25, 0.3) is 0 Å². The summed E-state index contributed by atoms with van der Waals surface area (Å²) in [6.45, 7) is 3.74. The first-order valence-electron chi connectivity index (χ1n) is 6.06. The van der Waals surface area contributed by atoms with Crippen molar-refractivity contribution in [3.8, 4) is 23.6 Å². The van der Waals surface area contributed by atoms with Crippen molar-refractivity contribution in [3.05, 3.63) is 36.2 Å². The molecule has 1 aromatic carbocycles. The van der Waals surface area contributed by atoms with E-state index in [1.54, 1.807) is 24.3 Å². The predicted octanol–water partition coefficient (Wildman–Crippen LogP) is 2.51. The topological polar surface area (TPSA) is 94.0 Å². The van der Waals surface area contributed by atoms with Gasteiger partial charge >= 0.3 is 0 Å². The summed E-state index contributed by atoms with van der Waals surface area (Å²) in [5, 5.41) is 9.02. The molecule has 0 aliphatic heterocycles. The van der Waals surface area contributed by atoms with Crippen LogP contribution in [0.2, 0.25) is 0 Å². The van der Waals surface area contributed by atoms with Gasteiger partial charge in [-0.15, -0.1) is 0 Å². The maximum atomic E-state index is 9.02. The van der Waals surface area contributed by atoms with Crippen molar-refractivity contribution in [2.45, 2.75) is 20.0 Å². The zero-order valence-corrected chi connectivity index (χ0v) is 11.2. The summed E-state index contributed by atoms with van der Waals surface area (Å²) >= 11 is 0. The Bertz CT molecular complexity index is 650. The van der Waals surface area contributed by atoms with Crippen molar-refractivity contribution >= 4 is 5.69 Å². The molecule has 102 valence electrons. The first-order valence-corrected chi connectivity index (χ1v) is 6.06. The van der Waals surface area contributed by atoms with Gasteiger partial charge in [-0.3, -0.25) is 0 Å². The van der Waals surface area contributed by atoms with Crippen LogP contribution in [-0.4, -0.2) is 16.1 Å². The molecule has 0 saturated heterocycles. The Hall–Kier alpha value is -2.81. The lowest BCUT2D eigenvalue weighted by molar-refractivity contribution is 0.232. The van der Waals surface area contributed by atoms with Gasteiger partial charge < -0.3 is 15.2 Å². The van der Waals surface area contributed by atoms with E-state index in [2.05, 4.69) is 9.97 Å². The van der Waals surface area contributed by atoms with Gasteiger partial charge in [-0.1, -0.05) is 12.1 Å². The molecule has 0 fully saturated rings. The van der Waals surface area contributed by atoms with Crippen LogP contribution in [0.5, 0.6) is 17.5 Å². The van der Waals surface area contributed by atoms with Crippen LogP contribution in [0, 0.1) is 11.3 Å². The van der Waals surface area contributed by atoms with Gasteiger partial charge in [0.25, 0.3) is 0 Å². The zero-order valence-electron chi connectivity index (χ0n) is 11.2. The Morgan fingerprint density at radius 2 is 1.90 bits per heavy atom. The number of anilines is 1. The van der Waals surface area contributed by atoms with E-state index >= 15 is 0 Å². The number of aromatic nitrogens is 2. The molecule has 1 heterocycles. The van der Waals surface area contributed by atoms with Crippen molar-refractivity contribution < 1.29 is 9.47 Å². The maximum absolute atomic E-state index is 9.02. The standard InChI is InChI=1S/C14H14N4O2/c1-9(2)19-13-12(16)14(18-8-17-13)20-11-6-4-3-5-10(11)7-15/h3-6,8-9H,16H2,1-2H3. The molecule has 0 radical (unpaired) electrons. The van der Waals surface area contributed by atoms with E-state index < -0.39 is 0 Å². The molecule has 0 amide bonds. The SMILES string of the molecule is CC(C)Oc1ncnc(Oc2ccccc2C#N)c1N. The minimum absolute atomic E-state index is 0.0635. The largest absolute Gasteiger partial charge is 0.473 e. The second-order valence-corrected chi connectivity index (χ2v) is 4.27. The molecule has 1 aromatic heterocycles. The highest BCUT2D eigenvalue weighted by Gasteiger charge is 2.14. The number of nitrogen functional groups attached to an aromatic ring is 1. The van der Waals surface area contributed by atoms with Crippen LogP contribution in [0.1, 0.15) is 19.4 Å². The van der Waals surface area contributed by atoms with E-state index in [0.29, 0.717) is 11.3 Å². The zero-order chi connectivity index (χ0) is 14.5. The van der Waals surface area contributed by atoms with Crippen molar-refractivity contribution in [3.63, 3.8) is 0 Å². The van der Waals surface area contributed by atoms with Crippen LogP contribution < -0.4 is 15.2 Å². The third kappa shape index (κ3) is 2.95. The summed E-state index contributed by atoms with van der Waals surface area (Å²) in [6, 6.07) is 8.88. The molecule has 0 spiro atoms. The quantitative estimate of drug-likeness (QED) is 0.917. The number of rotatable bonds is 4. The molecule has 0 bridgehead atoms. The molecule has 20 heavy (non-hydrogen) atoms. The van der Waals surface area contributed by atoms with Crippen LogP contribution >= 0.6 is 0 Å². The fourth-order valence-corrected chi connectivity index (χ4v) is 1.51. The van der Waals surface area contributed by atoms with E-state index in [1.165, 1.54) is 6.33 Å². The first-order chi connectivity index (χ1) is 9.61. The monoisotopic (exact) mass is 270 g/mol. The Balaban J connectivity index is 2.32. The molecule has 0 saturated carbocycles. The lowest BCUT2D eigenvalue weighted by atomic mass is 10.2. The van der Waals surface area contributed by atoms with Gasteiger partial charge in [0, 0.05) is 0 Å². The number of nitrogens with two attached hydrogens (primary N) is 1. The first kappa shape index (κ1) is 13.6. The van der Waals surface area contributed by atoms with Crippen molar-refractivity contribution in [2.24, 2.45) is 0 Å². The summed E-state index contributed by atoms with van der Waals surface area (Å²) < 4.78 is 11.0. The van der Waals surface area contributed by atoms with Crippen LogP contribution in [0.4, 0.5) is 5.69 Å². The average molecular weight is 270 g/mol. The van der Waals surface area contributed by atoms with E-state index in [0.717, 1.165) is 0 Å². The van der Waals surface area contributed by atoms with Gasteiger partial charge in [0.05, 0.1) is 11.7 Å². The third-order valence-corrected chi connectivity index (χ3v) is 2.37. The van der Waals surface area contributed by atoms with E-state index in [9.17, 15) is 0 Å².